The van der Waals surface area contributed by atoms with Gasteiger partial charge in [-0.3, -0.25) is 0 Å². The summed E-state index contributed by atoms with van der Waals surface area (Å²) in [7, 11) is 4.56. The molecule has 0 spiro atoms. The van der Waals surface area contributed by atoms with E-state index in [1.165, 1.54) is 19.2 Å². The number of carboxylic acid groups (broad SMARTS) is 2. The number of hydrogen-bond donors (Lipinski definition) is 2. The van der Waals surface area contributed by atoms with E-state index in [1.807, 2.05) is 30.4 Å². The van der Waals surface area contributed by atoms with E-state index in [9.17, 15) is 9.18 Å². The molecule has 2 aromatic carbocycles. The molecule has 0 saturated heterocycles. The van der Waals surface area contributed by atoms with Crippen molar-refractivity contribution in [2.45, 2.75) is 6.54 Å². The zero-order chi connectivity index (χ0) is 24.8. The number of halogens is 1. The predicted molar refractivity (Wildman–Crippen MR) is 114 cm³/mol. The number of methoxy groups -OCH3 is 3. The van der Waals surface area contributed by atoms with Crippen molar-refractivity contribution in [3.8, 4) is 11.5 Å². The van der Waals surface area contributed by atoms with Crippen LogP contribution in [0.25, 0.3) is 6.08 Å². The largest absolute Gasteiger partial charge is 0.539 e. The molecule has 0 aromatic heterocycles. The molecule has 0 radical (unpaired) electrons. The second-order valence-corrected chi connectivity index (χ2v) is 6.62. The Balaban J connectivity index is 0.000000801. The number of aliphatic carboxylic acids is 2. The summed E-state index contributed by atoms with van der Waals surface area (Å²) in [6.07, 6.45) is 3.95. The molecule has 0 aliphatic carbocycles. The van der Waals surface area contributed by atoms with Crippen LogP contribution in [0, 0.1) is 5.82 Å². The van der Waals surface area contributed by atoms with Crippen molar-refractivity contribution in [1.29, 1.82) is 0 Å². The number of carbonyl (C=O) groups excluding carboxylic acids is 2. The molecule has 0 aliphatic rings. The lowest BCUT2D eigenvalue weighted by atomic mass is 10.1. The minimum atomic E-state index is -2.07. The maximum atomic E-state index is 13.1. The maximum Gasteiger partial charge on any atom is 0.361 e. The quantitative estimate of drug-likeness (QED) is 0.391. The normalized spacial score (nSPS) is 11.2. The lowest BCUT2D eigenvalue weighted by molar-refractivity contribution is -0.900. The van der Waals surface area contributed by atoms with Gasteiger partial charge in [-0.2, -0.15) is 0 Å². The van der Waals surface area contributed by atoms with Crippen molar-refractivity contribution in [2.24, 2.45) is 0 Å². The van der Waals surface area contributed by atoms with Crippen LogP contribution in [0.15, 0.2) is 48.5 Å². The highest BCUT2D eigenvalue weighted by Crippen LogP contribution is 2.27. The first-order valence-electron chi connectivity index (χ1n) is 9.67. The minimum absolute atomic E-state index is 0.226. The molecule has 33 heavy (non-hydrogen) atoms. The van der Waals surface area contributed by atoms with E-state index in [4.69, 9.17) is 34.0 Å². The first kappa shape index (κ1) is 27.1. The Bertz CT molecular complexity index is 947. The highest BCUT2D eigenvalue weighted by atomic mass is 19.1. The van der Waals surface area contributed by atoms with Crippen molar-refractivity contribution in [1.82, 2.24) is 0 Å². The third-order valence-corrected chi connectivity index (χ3v) is 4.29. The fourth-order valence-electron chi connectivity index (χ4n) is 2.69. The highest BCUT2D eigenvalue weighted by Gasteiger charge is 2.14. The summed E-state index contributed by atoms with van der Waals surface area (Å²) >= 11 is 0. The van der Waals surface area contributed by atoms with Gasteiger partial charge in [-0.05, 0) is 35.9 Å². The topological polar surface area (TPSA) is 127 Å². The van der Waals surface area contributed by atoms with Crippen LogP contribution in [0.5, 0.6) is 11.5 Å². The van der Waals surface area contributed by atoms with Crippen LogP contribution in [0.1, 0.15) is 11.1 Å². The molecule has 1 atom stereocenters. The zero-order valence-corrected chi connectivity index (χ0v) is 18.5. The Kier molecular flexibility index (Phi) is 11.7. The van der Waals surface area contributed by atoms with Crippen molar-refractivity contribution in [3.05, 3.63) is 65.5 Å². The molecular weight excluding hydrogens is 437 g/mol. The third kappa shape index (κ3) is 10.3. The lowest BCUT2D eigenvalue weighted by Gasteiger charge is -2.16. The molecule has 2 N–H and O–H groups in total. The van der Waals surface area contributed by atoms with Gasteiger partial charge in [-0.1, -0.05) is 24.3 Å². The van der Waals surface area contributed by atoms with E-state index in [-0.39, 0.29) is 18.3 Å². The average Bonchev–Trinajstić information content (AvgIpc) is 2.80. The average molecular weight is 463 g/mol. The Morgan fingerprint density at radius 3 is 2.15 bits per heavy atom. The first-order valence-corrected chi connectivity index (χ1v) is 9.67. The minimum Gasteiger partial charge on any atom is -0.539 e. The van der Waals surface area contributed by atoms with Gasteiger partial charge in [0.15, 0.2) is 24.0 Å². The highest BCUT2D eigenvalue weighted by molar-refractivity contribution is 6.26. The third-order valence-electron chi connectivity index (χ3n) is 4.29. The van der Waals surface area contributed by atoms with Crippen LogP contribution < -0.4 is 19.5 Å². The number of nitrogens with one attached hydrogen (secondary N) is 1. The molecule has 9 nitrogen and oxygen atoms in total. The molecule has 178 valence electrons. The van der Waals surface area contributed by atoms with Crippen LogP contribution in [-0.4, -0.2) is 57.4 Å². The summed E-state index contributed by atoms with van der Waals surface area (Å²) < 4.78 is 28.4. The molecule has 0 saturated carbocycles. The molecule has 0 aliphatic heterocycles. The monoisotopic (exact) mass is 463 g/mol. The van der Waals surface area contributed by atoms with Gasteiger partial charge in [-0.25, -0.2) is 14.0 Å². The number of carbonyl (C=O) groups is 3. The Labute approximate surface area is 190 Å². The Morgan fingerprint density at radius 2 is 1.64 bits per heavy atom. The van der Waals surface area contributed by atoms with E-state index >= 15 is 0 Å². The van der Waals surface area contributed by atoms with Crippen molar-refractivity contribution in [2.75, 3.05) is 34.4 Å². The van der Waals surface area contributed by atoms with Gasteiger partial charge in [-0.15, -0.1) is 0 Å². The van der Waals surface area contributed by atoms with Crippen LogP contribution in [0.2, 0.25) is 0 Å². The van der Waals surface area contributed by atoms with Crippen molar-refractivity contribution < 1.29 is 48.1 Å². The summed E-state index contributed by atoms with van der Waals surface area (Å²) in [6, 6.07) is 12.0. The second kappa shape index (κ2) is 14.2. The number of carboxylic acids is 2. The van der Waals surface area contributed by atoms with Crippen LogP contribution >= 0.6 is 0 Å². The number of ether oxygens (including phenoxy) is 3. The molecule has 2 rings (SSSR count). The van der Waals surface area contributed by atoms with Crippen LogP contribution in [0.3, 0.4) is 0 Å². The Morgan fingerprint density at radius 1 is 1.03 bits per heavy atom. The second-order valence-electron chi connectivity index (χ2n) is 6.62. The molecule has 10 heteroatoms. The van der Waals surface area contributed by atoms with E-state index in [0.717, 1.165) is 16.0 Å². The molecular formula is C23H26FNO8. The lowest BCUT2D eigenvalue weighted by Crippen LogP contribution is -3.11. The van der Waals surface area contributed by atoms with Gasteiger partial charge in [0, 0.05) is 5.56 Å². The summed E-state index contributed by atoms with van der Waals surface area (Å²) in [5.41, 5.74) is 1.92. The molecule has 1 unspecified atom stereocenters. The smallest absolute Gasteiger partial charge is 0.361 e. The van der Waals surface area contributed by atoms with Gasteiger partial charge in [0.1, 0.15) is 12.4 Å². The zero-order valence-electron chi connectivity index (χ0n) is 18.5. The summed E-state index contributed by atoms with van der Waals surface area (Å²) in [5.74, 6) is -3.24. The summed E-state index contributed by atoms with van der Waals surface area (Å²) in [4.78, 5) is 30.7. The van der Waals surface area contributed by atoms with E-state index in [0.29, 0.717) is 24.6 Å². The predicted octanol–water partition coefficient (Wildman–Crippen LogP) is -0.0649. The van der Waals surface area contributed by atoms with Gasteiger partial charge >= 0.3 is 11.9 Å². The van der Waals surface area contributed by atoms with E-state index in [2.05, 4.69) is 0 Å². The number of hydrogen-bond acceptors (Lipinski definition) is 7. The number of rotatable bonds is 9. The van der Waals surface area contributed by atoms with Gasteiger partial charge in [0.2, 0.25) is 0 Å². The number of esters is 1. The Hall–Kier alpha value is -3.92. The standard InChI is InChI=1S/C21H24FNO4.C2H2O4/c1-25-19-11-8-16(13-20(19)26-2)5-4-12-23(15-21(24)27-3)14-17-6-9-18(22)10-7-17;3-1(4)2(5)6/h4-11,13H,12,14-15H2,1-3H3;(H,3,4)(H,5,6)/b5-4+;. The molecule has 0 fully saturated rings. The molecule has 0 heterocycles. The van der Waals surface area contributed by atoms with Crippen LogP contribution in [-0.2, 0) is 25.7 Å². The maximum absolute atomic E-state index is 13.1. The number of quaternary nitrogens is 1. The van der Waals surface area contributed by atoms with Gasteiger partial charge in [0.25, 0.3) is 0 Å². The van der Waals surface area contributed by atoms with E-state index < -0.39 is 11.9 Å². The molecule has 0 bridgehead atoms. The summed E-state index contributed by atoms with van der Waals surface area (Å²) in [6.45, 7) is 1.43. The molecule has 2 aromatic rings. The van der Waals surface area contributed by atoms with E-state index in [1.54, 1.807) is 26.4 Å². The SMILES string of the molecule is COC(=O)C[NH+](C/C=C/c1ccc(OC)c(OC)c1)Cc1ccc(F)cc1.O=C([O-])C(=O)O. The van der Waals surface area contributed by atoms with Crippen molar-refractivity contribution in [3.63, 3.8) is 0 Å². The first-order chi connectivity index (χ1) is 15.7. The van der Waals surface area contributed by atoms with Gasteiger partial charge < -0.3 is 34.1 Å². The fraction of sp³-hybridized carbons (Fsp3) is 0.261. The summed E-state index contributed by atoms with van der Waals surface area (Å²) in [5, 5.41) is 16.3. The van der Waals surface area contributed by atoms with Gasteiger partial charge in [0.05, 0.1) is 27.9 Å². The van der Waals surface area contributed by atoms with Crippen LogP contribution in [0.4, 0.5) is 4.39 Å². The number of benzene rings is 2. The molecule has 0 amide bonds. The fourth-order valence-corrected chi connectivity index (χ4v) is 2.69. The van der Waals surface area contributed by atoms with Crippen molar-refractivity contribution >= 4 is 24.0 Å².